The maximum atomic E-state index is 11.8. The molecular weight excluding hydrogens is 318 g/mol. The van der Waals surface area contributed by atoms with Crippen LogP contribution in [0.2, 0.25) is 5.02 Å². The van der Waals surface area contributed by atoms with E-state index in [4.69, 9.17) is 11.6 Å². The van der Waals surface area contributed by atoms with Crippen LogP contribution in [0.25, 0.3) is 0 Å². The van der Waals surface area contributed by atoms with Crippen molar-refractivity contribution in [3.8, 4) is 0 Å². The van der Waals surface area contributed by atoms with Crippen LogP contribution in [-0.2, 0) is 9.59 Å². The zero-order valence-electron chi connectivity index (χ0n) is 10.5. The number of hydrogen-bond acceptors (Lipinski definition) is 6. The molecule has 1 unspecified atom stereocenters. The summed E-state index contributed by atoms with van der Waals surface area (Å²) in [6.45, 7) is 0. The summed E-state index contributed by atoms with van der Waals surface area (Å²) in [7, 11) is 0. The van der Waals surface area contributed by atoms with Gasteiger partial charge in [0, 0.05) is 17.0 Å². The standard InChI is InChI=1S/C12H10ClN3O4S/c13-7-3-1-6(2-4-7)10(18)15-16-12-14-9(17)5-8(21-12)11(19)20/h1-4,8H,5H2,(H,15,18)(H,19,20)(H,14,16,17)/p-1. The molecule has 9 heteroatoms. The summed E-state index contributed by atoms with van der Waals surface area (Å²) < 4.78 is 0. The summed E-state index contributed by atoms with van der Waals surface area (Å²) >= 11 is 6.51. The quantitative estimate of drug-likeness (QED) is 0.742. The van der Waals surface area contributed by atoms with Gasteiger partial charge in [-0.15, -0.1) is 5.10 Å². The molecule has 2 amide bonds. The van der Waals surface area contributed by atoms with Gasteiger partial charge < -0.3 is 15.2 Å². The number of hydrazone groups is 1. The molecule has 0 saturated carbocycles. The summed E-state index contributed by atoms with van der Waals surface area (Å²) in [4.78, 5) is 33.9. The van der Waals surface area contributed by atoms with E-state index in [9.17, 15) is 19.5 Å². The highest BCUT2D eigenvalue weighted by atomic mass is 35.5. The summed E-state index contributed by atoms with van der Waals surface area (Å²) in [6, 6.07) is 6.11. The second-order valence-corrected chi connectivity index (χ2v) is 5.67. The van der Waals surface area contributed by atoms with E-state index in [1.54, 1.807) is 12.1 Å². The molecule has 2 rings (SSSR count). The van der Waals surface area contributed by atoms with Crippen LogP contribution < -0.4 is 15.8 Å². The molecule has 2 N–H and O–H groups in total. The molecule has 110 valence electrons. The Labute approximate surface area is 128 Å². The molecule has 0 aromatic heterocycles. The first-order valence-corrected chi connectivity index (χ1v) is 7.02. The van der Waals surface area contributed by atoms with Gasteiger partial charge in [-0.05, 0) is 24.3 Å². The third kappa shape index (κ3) is 4.20. The van der Waals surface area contributed by atoms with Gasteiger partial charge in [-0.3, -0.25) is 9.59 Å². The van der Waals surface area contributed by atoms with Gasteiger partial charge in [0.2, 0.25) is 5.91 Å². The first-order valence-electron chi connectivity index (χ1n) is 5.76. The van der Waals surface area contributed by atoms with Crippen molar-refractivity contribution in [2.45, 2.75) is 11.7 Å². The summed E-state index contributed by atoms with van der Waals surface area (Å²) in [6.07, 6.45) is -0.197. The minimum Gasteiger partial charge on any atom is -0.549 e. The fraction of sp³-hybridized carbons (Fsp3) is 0.167. The maximum absolute atomic E-state index is 11.8. The van der Waals surface area contributed by atoms with Crippen LogP contribution in [-0.4, -0.2) is 28.2 Å². The first kappa shape index (κ1) is 15.3. The SMILES string of the molecule is O=C1CC(C(=O)[O-])S/C(=N/NC(=O)c2ccc(Cl)cc2)N1. The summed E-state index contributed by atoms with van der Waals surface area (Å²) in [5, 5.41) is 16.3. The normalized spacial score (nSPS) is 20.0. The Kier molecular flexibility index (Phi) is 4.81. The van der Waals surface area contributed by atoms with Crippen LogP contribution in [0.5, 0.6) is 0 Å². The third-order valence-corrected chi connectivity index (χ3v) is 3.81. The van der Waals surface area contributed by atoms with Crippen molar-refractivity contribution < 1.29 is 19.5 Å². The van der Waals surface area contributed by atoms with Gasteiger partial charge in [-0.2, -0.15) is 0 Å². The first-order chi connectivity index (χ1) is 9.95. The molecule has 1 aliphatic heterocycles. The fourth-order valence-electron chi connectivity index (χ4n) is 1.50. The lowest BCUT2D eigenvalue weighted by Gasteiger charge is -2.23. The molecule has 0 radical (unpaired) electrons. The van der Waals surface area contributed by atoms with E-state index < -0.39 is 23.0 Å². The van der Waals surface area contributed by atoms with E-state index in [2.05, 4.69) is 15.8 Å². The van der Waals surface area contributed by atoms with Crippen molar-refractivity contribution in [3.05, 3.63) is 34.9 Å². The largest absolute Gasteiger partial charge is 0.549 e. The summed E-state index contributed by atoms with van der Waals surface area (Å²) in [5.41, 5.74) is 2.55. The topological polar surface area (TPSA) is 111 Å². The molecule has 1 saturated heterocycles. The van der Waals surface area contributed by atoms with Crippen molar-refractivity contribution >= 4 is 46.3 Å². The second-order valence-electron chi connectivity index (χ2n) is 4.04. The van der Waals surface area contributed by atoms with Crippen molar-refractivity contribution in [2.75, 3.05) is 0 Å². The minimum absolute atomic E-state index is 0.00256. The van der Waals surface area contributed by atoms with E-state index in [0.717, 1.165) is 11.8 Å². The van der Waals surface area contributed by atoms with Crippen LogP contribution in [0.1, 0.15) is 16.8 Å². The number of nitrogens with one attached hydrogen (secondary N) is 2. The molecule has 0 aliphatic carbocycles. The molecule has 1 atom stereocenters. The van der Waals surface area contributed by atoms with E-state index in [1.165, 1.54) is 12.1 Å². The maximum Gasteiger partial charge on any atom is 0.271 e. The molecule has 1 aromatic carbocycles. The average molecular weight is 327 g/mol. The lowest BCUT2D eigenvalue weighted by Crippen LogP contribution is -2.45. The van der Waals surface area contributed by atoms with Crippen molar-refractivity contribution in [1.29, 1.82) is 0 Å². The number of amidine groups is 1. The lowest BCUT2D eigenvalue weighted by atomic mass is 10.2. The average Bonchev–Trinajstić information content (AvgIpc) is 2.45. The van der Waals surface area contributed by atoms with Gasteiger partial charge in [0.05, 0.1) is 11.2 Å². The van der Waals surface area contributed by atoms with Gasteiger partial charge in [-0.25, -0.2) is 5.43 Å². The predicted octanol–water partition coefficient (Wildman–Crippen LogP) is -0.288. The zero-order valence-corrected chi connectivity index (χ0v) is 12.0. The number of rotatable bonds is 3. The Morgan fingerprint density at radius 1 is 1.38 bits per heavy atom. The minimum atomic E-state index is -1.36. The smallest absolute Gasteiger partial charge is 0.271 e. The zero-order chi connectivity index (χ0) is 15.4. The third-order valence-electron chi connectivity index (χ3n) is 2.50. The number of halogens is 1. The number of hydrogen-bond donors (Lipinski definition) is 2. The number of aliphatic carboxylic acids is 1. The summed E-state index contributed by atoms with van der Waals surface area (Å²) in [5.74, 6) is -2.36. The number of carbonyl (C=O) groups excluding carboxylic acids is 3. The van der Waals surface area contributed by atoms with Gasteiger partial charge in [-0.1, -0.05) is 23.4 Å². The highest BCUT2D eigenvalue weighted by Crippen LogP contribution is 2.19. The molecule has 1 fully saturated rings. The lowest BCUT2D eigenvalue weighted by molar-refractivity contribution is -0.304. The highest BCUT2D eigenvalue weighted by Gasteiger charge is 2.25. The number of nitrogens with zero attached hydrogens (tertiary/aromatic N) is 1. The highest BCUT2D eigenvalue weighted by molar-refractivity contribution is 8.15. The molecule has 0 spiro atoms. The number of carboxylic acid groups (broad SMARTS) is 1. The van der Waals surface area contributed by atoms with Crippen LogP contribution in [0.4, 0.5) is 0 Å². The Bertz CT molecular complexity index is 617. The van der Waals surface area contributed by atoms with Crippen molar-refractivity contribution in [2.24, 2.45) is 5.10 Å². The van der Waals surface area contributed by atoms with E-state index in [0.29, 0.717) is 10.6 Å². The Hall–Kier alpha value is -2.06. The Balaban J connectivity index is 2.02. The molecule has 1 aromatic rings. The van der Waals surface area contributed by atoms with Crippen LogP contribution in [0, 0.1) is 0 Å². The van der Waals surface area contributed by atoms with Gasteiger partial charge in [0.25, 0.3) is 5.91 Å². The van der Waals surface area contributed by atoms with Crippen molar-refractivity contribution in [3.63, 3.8) is 0 Å². The van der Waals surface area contributed by atoms with Gasteiger partial charge in [0.1, 0.15) is 0 Å². The van der Waals surface area contributed by atoms with Crippen LogP contribution >= 0.6 is 23.4 Å². The number of carbonyl (C=O) groups is 3. The Morgan fingerprint density at radius 2 is 2.05 bits per heavy atom. The number of thioether (sulfide) groups is 1. The monoisotopic (exact) mass is 326 g/mol. The van der Waals surface area contributed by atoms with E-state index in [-0.39, 0.29) is 11.6 Å². The number of carboxylic acids is 1. The van der Waals surface area contributed by atoms with Gasteiger partial charge in [0.15, 0.2) is 5.17 Å². The van der Waals surface area contributed by atoms with Crippen LogP contribution in [0.3, 0.4) is 0 Å². The number of amides is 2. The van der Waals surface area contributed by atoms with Crippen molar-refractivity contribution in [1.82, 2.24) is 10.7 Å². The van der Waals surface area contributed by atoms with Gasteiger partial charge >= 0.3 is 0 Å². The molecule has 0 bridgehead atoms. The molecule has 21 heavy (non-hydrogen) atoms. The fourth-order valence-corrected chi connectivity index (χ4v) is 2.50. The molecule has 1 aliphatic rings. The number of benzene rings is 1. The molecule has 7 nitrogen and oxygen atoms in total. The molecule has 1 heterocycles. The Morgan fingerprint density at radius 3 is 2.67 bits per heavy atom. The van der Waals surface area contributed by atoms with E-state index in [1.807, 2.05) is 0 Å². The molecular formula is C12H9ClN3O4S-. The predicted molar refractivity (Wildman–Crippen MR) is 75.5 cm³/mol. The van der Waals surface area contributed by atoms with E-state index >= 15 is 0 Å². The second kappa shape index (κ2) is 6.59. The van der Waals surface area contributed by atoms with Crippen LogP contribution in [0.15, 0.2) is 29.4 Å².